The summed E-state index contributed by atoms with van der Waals surface area (Å²) in [5, 5.41) is 9.00. The molecule has 24 heavy (non-hydrogen) atoms. The number of carbonyl (C=O) groups is 1. The minimum absolute atomic E-state index is 0.441. The van der Waals surface area contributed by atoms with Gasteiger partial charge in [-0.3, -0.25) is 4.79 Å². The molecule has 1 saturated heterocycles. The Bertz CT molecular complexity index is 827. The number of carbonyl (C=O) groups excluding carboxylic acids is 1. The maximum absolute atomic E-state index is 11.6. The Kier molecular flexibility index (Phi) is 3.94. The smallest absolute Gasteiger partial charge is 0.250 e. The number of hydrogen-bond acceptors (Lipinski definition) is 3. The Morgan fingerprint density at radius 3 is 3.00 bits per heavy atom. The largest absolute Gasteiger partial charge is 0.366 e. The summed E-state index contributed by atoms with van der Waals surface area (Å²) in [7, 11) is 0. The van der Waals surface area contributed by atoms with Gasteiger partial charge in [-0.2, -0.15) is 5.10 Å². The average Bonchev–Trinajstić information content (AvgIpc) is 3.06. The van der Waals surface area contributed by atoms with E-state index in [0.29, 0.717) is 17.0 Å². The van der Waals surface area contributed by atoms with Gasteiger partial charge in [0.15, 0.2) is 0 Å². The van der Waals surface area contributed by atoms with Gasteiger partial charge in [0.05, 0.1) is 11.3 Å². The Hall–Kier alpha value is -2.40. The number of amides is 1. The van der Waals surface area contributed by atoms with Gasteiger partial charge in [0.25, 0.3) is 5.91 Å². The van der Waals surface area contributed by atoms with Gasteiger partial charge in [0.1, 0.15) is 5.52 Å². The summed E-state index contributed by atoms with van der Waals surface area (Å²) < 4.78 is 1.85. The highest BCUT2D eigenvalue weighted by Crippen LogP contribution is 2.30. The first kappa shape index (κ1) is 15.1. The van der Waals surface area contributed by atoms with Crippen LogP contribution in [0.2, 0.25) is 0 Å². The molecule has 1 aliphatic heterocycles. The lowest BCUT2D eigenvalue weighted by Crippen LogP contribution is -2.33. The van der Waals surface area contributed by atoms with Crippen LogP contribution in [0, 0.1) is 11.8 Å². The predicted molar refractivity (Wildman–Crippen MR) is 95.4 cm³/mol. The summed E-state index contributed by atoms with van der Waals surface area (Å²) in [6.07, 6.45) is 12.3. The van der Waals surface area contributed by atoms with Crippen molar-refractivity contribution in [3.8, 4) is 0 Å². The molecular formula is C19H22N4O. The minimum Gasteiger partial charge on any atom is -0.366 e. The number of primary amides is 1. The van der Waals surface area contributed by atoms with Gasteiger partial charge in [-0.05, 0) is 56.3 Å². The molecule has 2 aliphatic rings. The molecule has 2 unspecified atom stereocenters. The fourth-order valence-electron chi connectivity index (χ4n) is 3.77. The molecule has 2 aromatic rings. The van der Waals surface area contributed by atoms with Crippen LogP contribution in [0.4, 0.5) is 0 Å². The van der Waals surface area contributed by atoms with Gasteiger partial charge in [0.2, 0.25) is 0 Å². The lowest BCUT2D eigenvalue weighted by molar-refractivity contribution is 0.100. The van der Waals surface area contributed by atoms with Crippen LogP contribution < -0.4 is 11.1 Å². The zero-order valence-corrected chi connectivity index (χ0v) is 13.6. The number of aromatic nitrogens is 2. The van der Waals surface area contributed by atoms with Crippen LogP contribution in [0.25, 0.3) is 16.6 Å². The summed E-state index contributed by atoms with van der Waals surface area (Å²) in [6.45, 7) is 2.27. The second-order valence-corrected chi connectivity index (χ2v) is 6.68. The highest BCUT2D eigenvalue weighted by Gasteiger charge is 2.23. The Morgan fingerprint density at radius 2 is 2.29 bits per heavy atom. The first-order valence-corrected chi connectivity index (χ1v) is 8.60. The molecular weight excluding hydrogens is 300 g/mol. The van der Waals surface area contributed by atoms with Crippen LogP contribution in [0.15, 0.2) is 42.6 Å². The molecule has 1 fully saturated rings. The third-order valence-corrected chi connectivity index (χ3v) is 5.12. The highest BCUT2D eigenvalue weighted by atomic mass is 16.1. The number of nitrogens with two attached hydrogens (primary N) is 1. The van der Waals surface area contributed by atoms with E-state index in [-0.39, 0.29) is 0 Å². The van der Waals surface area contributed by atoms with Crippen molar-refractivity contribution in [3.05, 3.63) is 48.2 Å². The molecule has 1 amide bonds. The highest BCUT2D eigenvalue weighted by molar-refractivity contribution is 6.04. The van der Waals surface area contributed by atoms with E-state index < -0.39 is 5.91 Å². The quantitative estimate of drug-likeness (QED) is 0.912. The van der Waals surface area contributed by atoms with E-state index in [0.717, 1.165) is 36.5 Å². The van der Waals surface area contributed by atoms with Crippen molar-refractivity contribution < 1.29 is 4.79 Å². The molecule has 5 nitrogen and oxygen atoms in total. The van der Waals surface area contributed by atoms with E-state index in [2.05, 4.69) is 28.6 Å². The number of benzene rings is 1. The van der Waals surface area contributed by atoms with Gasteiger partial charge >= 0.3 is 0 Å². The van der Waals surface area contributed by atoms with Crippen LogP contribution >= 0.6 is 0 Å². The number of rotatable bonds is 3. The van der Waals surface area contributed by atoms with Crippen molar-refractivity contribution in [1.82, 2.24) is 15.1 Å². The second kappa shape index (κ2) is 6.24. The Morgan fingerprint density at radius 1 is 1.38 bits per heavy atom. The first-order chi connectivity index (χ1) is 11.7. The fourth-order valence-corrected chi connectivity index (χ4v) is 3.77. The van der Waals surface area contributed by atoms with E-state index in [9.17, 15) is 4.79 Å². The third-order valence-electron chi connectivity index (χ3n) is 5.12. The van der Waals surface area contributed by atoms with Gasteiger partial charge in [-0.25, -0.2) is 4.68 Å². The first-order valence-electron chi connectivity index (χ1n) is 8.60. The maximum atomic E-state index is 11.6. The van der Waals surface area contributed by atoms with Crippen LogP contribution in [-0.2, 0) is 0 Å². The topological polar surface area (TPSA) is 72.9 Å². The molecule has 2 atom stereocenters. The van der Waals surface area contributed by atoms with E-state index in [1.807, 2.05) is 23.0 Å². The lowest BCUT2D eigenvalue weighted by Gasteiger charge is -2.29. The molecule has 4 rings (SSSR count). The summed E-state index contributed by atoms with van der Waals surface area (Å²) in [6, 6.07) is 5.51. The van der Waals surface area contributed by atoms with E-state index in [4.69, 9.17) is 5.73 Å². The Labute approximate surface area is 141 Å². The number of nitrogens with zero attached hydrogens (tertiary/aromatic N) is 2. The van der Waals surface area contributed by atoms with E-state index >= 15 is 0 Å². The molecule has 5 heteroatoms. The molecule has 2 heterocycles. The third kappa shape index (κ3) is 2.76. The predicted octanol–water partition coefficient (Wildman–Crippen LogP) is 2.55. The lowest BCUT2D eigenvalue weighted by atomic mass is 9.82. The van der Waals surface area contributed by atoms with Crippen molar-refractivity contribution in [2.75, 3.05) is 13.1 Å². The van der Waals surface area contributed by atoms with Crippen molar-refractivity contribution in [3.63, 3.8) is 0 Å². The molecule has 0 spiro atoms. The molecule has 1 aromatic heterocycles. The number of allylic oxidation sites excluding steroid dienone is 4. The molecule has 1 aromatic carbocycles. The monoisotopic (exact) mass is 322 g/mol. The minimum atomic E-state index is -0.441. The zero-order valence-electron chi connectivity index (χ0n) is 13.6. The summed E-state index contributed by atoms with van der Waals surface area (Å²) in [4.78, 5) is 11.6. The molecule has 124 valence electrons. The SMILES string of the molecule is NC(=O)c1cccc2cn(C3=CCC(C4CCCNC4)C=C3)nc12. The van der Waals surface area contributed by atoms with Gasteiger partial charge in [-0.1, -0.05) is 24.3 Å². The zero-order chi connectivity index (χ0) is 16.5. The number of hydrogen-bond donors (Lipinski definition) is 2. The second-order valence-electron chi connectivity index (χ2n) is 6.68. The van der Waals surface area contributed by atoms with Crippen molar-refractivity contribution in [1.29, 1.82) is 0 Å². The number of fused-ring (bicyclic) bond motifs is 1. The molecule has 3 N–H and O–H groups in total. The Balaban J connectivity index is 1.58. The number of piperidine rings is 1. The summed E-state index contributed by atoms with van der Waals surface area (Å²) in [5.74, 6) is 0.891. The summed E-state index contributed by atoms with van der Waals surface area (Å²) in [5.41, 5.74) is 7.64. The number of nitrogens with one attached hydrogen (secondary N) is 1. The molecule has 1 aliphatic carbocycles. The van der Waals surface area contributed by atoms with Gasteiger partial charge < -0.3 is 11.1 Å². The van der Waals surface area contributed by atoms with Gasteiger partial charge in [-0.15, -0.1) is 0 Å². The van der Waals surface area contributed by atoms with Crippen LogP contribution in [0.1, 0.15) is 29.6 Å². The van der Waals surface area contributed by atoms with E-state index in [1.54, 1.807) is 6.07 Å². The van der Waals surface area contributed by atoms with Crippen LogP contribution in [0.5, 0.6) is 0 Å². The van der Waals surface area contributed by atoms with Crippen LogP contribution in [0.3, 0.4) is 0 Å². The normalized spacial score (nSPS) is 24.1. The average molecular weight is 322 g/mol. The maximum Gasteiger partial charge on any atom is 0.250 e. The van der Waals surface area contributed by atoms with Crippen molar-refractivity contribution >= 4 is 22.5 Å². The fraction of sp³-hybridized carbons (Fsp3) is 0.368. The van der Waals surface area contributed by atoms with Crippen molar-refractivity contribution in [2.24, 2.45) is 17.6 Å². The molecule has 0 radical (unpaired) electrons. The summed E-state index contributed by atoms with van der Waals surface area (Å²) >= 11 is 0. The van der Waals surface area contributed by atoms with Gasteiger partial charge in [0, 0.05) is 11.6 Å². The standard InChI is InChI=1S/C19H22N4O/c20-19(24)17-5-1-3-15-12-23(22-18(15)17)16-8-6-13(7-9-16)14-4-2-10-21-11-14/h1,3,5-6,8-9,12-14,21H,2,4,7,10-11H2,(H2,20,24). The molecule has 0 bridgehead atoms. The molecule has 0 saturated carbocycles. The van der Waals surface area contributed by atoms with Crippen molar-refractivity contribution in [2.45, 2.75) is 19.3 Å². The van der Waals surface area contributed by atoms with Crippen LogP contribution in [-0.4, -0.2) is 28.8 Å². The van der Waals surface area contributed by atoms with E-state index in [1.165, 1.54) is 12.8 Å².